The van der Waals surface area contributed by atoms with Crippen molar-refractivity contribution >= 4 is 12.3 Å². The summed E-state index contributed by atoms with van der Waals surface area (Å²) in [5.74, 6) is -0.635. The molecule has 7 rings (SSSR count). The molecule has 6 N–H and O–H groups in total. The molecule has 0 aromatic rings. The second-order valence-electron chi connectivity index (χ2n) is 16.3. The van der Waals surface area contributed by atoms with Crippen LogP contribution in [-0.4, -0.2) is 136 Å². The molecular weight excluding hydrogens is 656 g/mol. The summed E-state index contributed by atoms with van der Waals surface area (Å²) in [4.78, 5) is 25.1. The van der Waals surface area contributed by atoms with Gasteiger partial charge in [0.2, 0.25) is 0 Å². The Bertz CT molecular complexity index is 1330. The van der Waals surface area contributed by atoms with E-state index in [1.54, 1.807) is 13.0 Å². The van der Waals surface area contributed by atoms with E-state index in [0.29, 0.717) is 44.9 Å². The van der Waals surface area contributed by atoms with Crippen molar-refractivity contribution < 1.29 is 68.6 Å². The molecule has 3 aliphatic heterocycles. The number of carbonyl (C=O) groups excluding carboxylic acids is 2. The number of methoxy groups -OCH3 is 1. The zero-order chi connectivity index (χ0) is 35.8. The van der Waals surface area contributed by atoms with E-state index in [1.807, 2.05) is 0 Å². The number of aliphatic hydroxyl groups excluding tert-OH is 4. The molecule has 0 amide bonds. The average molecular weight is 711 g/mol. The third kappa shape index (κ3) is 5.55. The van der Waals surface area contributed by atoms with Gasteiger partial charge in [-0.15, -0.1) is 0 Å². The number of cyclic esters (lactones) is 1. The lowest BCUT2D eigenvalue weighted by Crippen LogP contribution is -2.69. The van der Waals surface area contributed by atoms with Crippen molar-refractivity contribution in [2.45, 2.75) is 151 Å². The molecule has 0 unspecified atom stereocenters. The molecule has 0 aromatic carbocycles. The van der Waals surface area contributed by atoms with Crippen LogP contribution in [0.2, 0.25) is 0 Å². The van der Waals surface area contributed by atoms with Crippen LogP contribution in [0, 0.1) is 28.6 Å². The minimum absolute atomic E-state index is 0.0352. The first-order valence-corrected chi connectivity index (χ1v) is 18.3. The van der Waals surface area contributed by atoms with Crippen LogP contribution in [0.1, 0.15) is 78.1 Å². The Hall–Kier alpha value is -1.56. The molecule has 0 spiro atoms. The van der Waals surface area contributed by atoms with Crippen LogP contribution < -0.4 is 0 Å². The second-order valence-corrected chi connectivity index (χ2v) is 16.3. The van der Waals surface area contributed by atoms with Crippen LogP contribution in [0.5, 0.6) is 0 Å². The summed E-state index contributed by atoms with van der Waals surface area (Å²) >= 11 is 0. The number of fused-ring (bicyclic) bond motifs is 5. The highest BCUT2D eigenvalue weighted by atomic mass is 16.7. The highest BCUT2D eigenvalue weighted by molar-refractivity contribution is 5.85. The van der Waals surface area contributed by atoms with Crippen LogP contribution in [-0.2, 0) is 38.0 Å². The maximum Gasteiger partial charge on any atom is 0.331 e. The number of hydrogen-bond acceptors (Lipinski definition) is 14. The Balaban J connectivity index is 1.01. The van der Waals surface area contributed by atoms with Crippen molar-refractivity contribution in [2.75, 3.05) is 20.3 Å². The molecule has 2 saturated heterocycles. The van der Waals surface area contributed by atoms with Crippen LogP contribution in [0.4, 0.5) is 0 Å². The fraction of sp³-hybridized carbons (Fsp3) is 0.889. The van der Waals surface area contributed by atoms with Gasteiger partial charge in [-0.05, 0) is 81.6 Å². The van der Waals surface area contributed by atoms with E-state index in [-0.39, 0.29) is 43.2 Å². The zero-order valence-corrected chi connectivity index (χ0v) is 29.1. The first-order chi connectivity index (χ1) is 23.7. The van der Waals surface area contributed by atoms with Gasteiger partial charge in [0.25, 0.3) is 0 Å². The van der Waals surface area contributed by atoms with Gasteiger partial charge in [0.05, 0.1) is 41.5 Å². The van der Waals surface area contributed by atoms with Crippen LogP contribution in [0.15, 0.2) is 11.6 Å². The van der Waals surface area contributed by atoms with Gasteiger partial charge in [0, 0.05) is 31.4 Å². The standard InChI is InChI=1S/C36H54O14/c1-18-31(50-32-30(42)29(41)28(40)25(15-37)49-32)24(45-3)13-27(47-18)48-20-4-9-34(17-38)22-5-8-33(2)21(19-12-26(39)46-16-19)7-11-36(33,44)23(22)6-10-35(34,43)14-20/h12,17-18,20-25,27-32,37,40-44H,4-11,13-16H2,1-3H3/t18-,20-,21-,22-,23+,24-,25+,27+,28+,29-,30+,31-,32-,33-,34+,35+,36-/m1/s1. The van der Waals surface area contributed by atoms with E-state index in [9.17, 15) is 40.2 Å². The molecule has 4 aliphatic carbocycles. The molecule has 0 bridgehead atoms. The molecule has 4 saturated carbocycles. The predicted molar refractivity (Wildman–Crippen MR) is 171 cm³/mol. The Morgan fingerprint density at radius 1 is 0.960 bits per heavy atom. The van der Waals surface area contributed by atoms with Crippen LogP contribution in [0.3, 0.4) is 0 Å². The number of esters is 1. The SMILES string of the molecule is CO[C@@H]1C[C@H](O[C@@H]2CC[C@]3(C=O)[C@@H]4CC[C@]5(C)[C@@H](C6=CC(=O)OC6)CC[C@@]5(O)[C@H]4CC[C@]3(O)C2)O[C@H](C)[C@H]1O[C@H]1O[C@@H](CO)[C@H](O)[C@@H](O)[C@@H]1O. The fourth-order valence-electron chi connectivity index (χ4n) is 11.5. The normalized spacial score (nSPS) is 53.5. The number of rotatable bonds is 8. The molecular formula is C36H54O14. The minimum Gasteiger partial charge on any atom is -0.458 e. The molecule has 14 heteroatoms. The number of hydrogen-bond donors (Lipinski definition) is 6. The molecule has 3 heterocycles. The lowest BCUT2D eigenvalue weighted by atomic mass is 9.41. The first kappa shape index (κ1) is 36.8. The van der Waals surface area contributed by atoms with E-state index in [1.165, 1.54) is 7.11 Å². The van der Waals surface area contributed by atoms with Crippen molar-refractivity contribution in [1.82, 2.24) is 0 Å². The summed E-state index contributed by atoms with van der Waals surface area (Å²) in [6.45, 7) is 3.57. The van der Waals surface area contributed by atoms with E-state index in [2.05, 4.69) is 6.92 Å². The van der Waals surface area contributed by atoms with E-state index in [0.717, 1.165) is 18.3 Å². The summed E-state index contributed by atoms with van der Waals surface area (Å²) in [5, 5.41) is 65.3. The smallest absolute Gasteiger partial charge is 0.331 e. The maximum atomic E-state index is 13.2. The van der Waals surface area contributed by atoms with Crippen molar-refractivity contribution in [1.29, 1.82) is 0 Å². The van der Waals surface area contributed by atoms with Crippen LogP contribution in [0.25, 0.3) is 0 Å². The Morgan fingerprint density at radius 2 is 1.72 bits per heavy atom. The van der Waals surface area contributed by atoms with E-state index in [4.69, 9.17) is 28.4 Å². The minimum atomic E-state index is -1.58. The van der Waals surface area contributed by atoms with Gasteiger partial charge in [-0.25, -0.2) is 4.79 Å². The second kappa shape index (κ2) is 13.4. The van der Waals surface area contributed by atoms with Gasteiger partial charge in [0.15, 0.2) is 12.6 Å². The van der Waals surface area contributed by atoms with Crippen molar-refractivity contribution in [3.05, 3.63) is 11.6 Å². The third-order valence-corrected chi connectivity index (χ3v) is 14.2. The van der Waals surface area contributed by atoms with Gasteiger partial charge >= 0.3 is 5.97 Å². The average Bonchev–Trinajstić information content (AvgIpc) is 3.64. The molecule has 50 heavy (non-hydrogen) atoms. The topological polar surface area (TPSA) is 211 Å². The maximum absolute atomic E-state index is 13.2. The first-order valence-electron chi connectivity index (χ1n) is 18.3. The number of aliphatic hydroxyl groups is 6. The van der Waals surface area contributed by atoms with Gasteiger partial charge in [-0.2, -0.15) is 0 Å². The molecule has 282 valence electrons. The monoisotopic (exact) mass is 710 g/mol. The van der Waals surface area contributed by atoms with Gasteiger partial charge in [-0.1, -0.05) is 6.92 Å². The molecule has 0 radical (unpaired) electrons. The molecule has 17 atom stereocenters. The summed E-state index contributed by atoms with van der Waals surface area (Å²) in [6.07, 6.45) is -2.52. The third-order valence-electron chi connectivity index (χ3n) is 14.2. The number of carbonyl (C=O) groups is 2. The lowest BCUT2D eigenvalue weighted by molar-refractivity contribution is -0.346. The van der Waals surface area contributed by atoms with Crippen molar-refractivity contribution in [3.8, 4) is 0 Å². The highest BCUT2D eigenvalue weighted by Gasteiger charge is 2.71. The largest absolute Gasteiger partial charge is 0.458 e. The van der Waals surface area contributed by atoms with Crippen LogP contribution >= 0.6 is 0 Å². The zero-order valence-electron chi connectivity index (χ0n) is 29.1. The summed E-state index contributed by atoms with van der Waals surface area (Å²) < 4.78 is 35.2. The van der Waals surface area contributed by atoms with Gasteiger partial charge < -0.3 is 63.9 Å². The van der Waals surface area contributed by atoms with Gasteiger partial charge in [0.1, 0.15) is 43.4 Å². The highest BCUT2D eigenvalue weighted by Crippen LogP contribution is 2.70. The summed E-state index contributed by atoms with van der Waals surface area (Å²) in [5.41, 5.74) is -2.86. The van der Waals surface area contributed by atoms with Gasteiger partial charge in [-0.3, -0.25) is 0 Å². The van der Waals surface area contributed by atoms with Crippen molar-refractivity contribution in [3.63, 3.8) is 0 Å². The fourth-order valence-corrected chi connectivity index (χ4v) is 11.5. The molecule has 0 aromatic heterocycles. The Labute approximate surface area is 292 Å². The Kier molecular flexibility index (Phi) is 9.84. The molecule has 7 aliphatic rings. The predicted octanol–water partition coefficient (Wildman–Crippen LogP) is 0.258. The van der Waals surface area contributed by atoms with Crippen molar-refractivity contribution in [2.24, 2.45) is 28.6 Å². The molecule has 14 nitrogen and oxygen atoms in total. The van der Waals surface area contributed by atoms with E-state index >= 15 is 0 Å². The lowest BCUT2D eigenvalue weighted by Gasteiger charge is -2.65. The summed E-state index contributed by atoms with van der Waals surface area (Å²) in [6, 6.07) is 0. The molecule has 6 fully saturated rings. The quantitative estimate of drug-likeness (QED) is 0.113. The van der Waals surface area contributed by atoms with E-state index < -0.39 is 90.1 Å². The Morgan fingerprint density at radius 3 is 2.40 bits per heavy atom. The summed E-state index contributed by atoms with van der Waals surface area (Å²) in [7, 11) is 1.51. The number of ether oxygens (including phenoxy) is 6. The number of aldehydes is 1.